The van der Waals surface area contributed by atoms with E-state index in [1.807, 2.05) is 109 Å². The number of carboxylic acids is 1. The van der Waals surface area contributed by atoms with Crippen molar-refractivity contribution in [3.05, 3.63) is 182 Å². The third kappa shape index (κ3) is 5.45. The second-order valence-corrected chi connectivity index (χ2v) is 17.6. The van der Waals surface area contributed by atoms with Crippen LogP contribution < -0.4 is 31.8 Å². The van der Waals surface area contributed by atoms with Crippen molar-refractivity contribution in [2.24, 2.45) is 0 Å². The van der Waals surface area contributed by atoms with Gasteiger partial charge in [0.15, 0.2) is 14.5 Å². The number of hydrogen-bond donors (Lipinski definition) is 1. The Bertz CT molecular complexity index is 1420. The molecular weight excluding hydrogens is 657 g/mol. The zero-order valence-electron chi connectivity index (χ0n) is 23.5. The fraction of sp³-hybridized carbons (Fsp3) is 0.0263. The van der Waals surface area contributed by atoms with Gasteiger partial charge in [0.25, 0.3) is 5.40 Å². The van der Waals surface area contributed by atoms with Gasteiger partial charge in [-0.25, -0.2) is 4.79 Å². The molecule has 5 heteroatoms. The second-order valence-electron chi connectivity index (χ2n) is 10.2. The van der Waals surface area contributed by atoms with E-state index in [9.17, 15) is 9.90 Å². The Morgan fingerprint density at radius 1 is 0.372 bits per heavy atom. The molecule has 6 aromatic rings. The van der Waals surface area contributed by atoms with E-state index in [1.165, 1.54) is 0 Å². The Labute approximate surface area is 268 Å². The van der Waals surface area contributed by atoms with Crippen molar-refractivity contribution in [1.82, 2.24) is 0 Å². The number of hydrogen-bond acceptors (Lipinski definition) is 1. The number of aliphatic carboxylic acids is 1. The first-order chi connectivity index (χ1) is 20.7. The third-order valence-electron chi connectivity index (χ3n) is 7.94. The van der Waals surface area contributed by atoms with E-state index >= 15 is 0 Å². The summed E-state index contributed by atoms with van der Waals surface area (Å²) in [4.78, 5) is 14.5. The van der Waals surface area contributed by atoms with E-state index in [1.54, 1.807) is 0 Å². The number of carboxylic acid groups (broad SMARTS) is 1. The minimum atomic E-state index is -2.89. The zero-order valence-corrected chi connectivity index (χ0v) is 26.8. The van der Waals surface area contributed by atoms with E-state index in [-0.39, 0.29) is 20.4 Å². The monoisotopic (exact) mass is 688 g/mol. The van der Waals surface area contributed by atoms with Crippen LogP contribution in [0, 0.1) is 0 Å². The maximum atomic E-state index is 14.5. The first-order valence-electron chi connectivity index (χ1n) is 14.0. The van der Waals surface area contributed by atoms with Crippen molar-refractivity contribution >= 4 is 52.3 Å². The Morgan fingerprint density at radius 3 is 0.674 bits per heavy atom. The van der Waals surface area contributed by atoms with Gasteiger partial charge < -0.3 is 5.11 Å². The van der Waals surface area contributed by atoms with Crippen LogP contribution in [0.5, 0.6) is 0 Å². The van der Waals surface area contributed by atoms with Gasteiger partial charge in [0.05, 0.1) is 0 Å². The average Bonchev–Trinajstić information content (AvgIpc) is 3.07. The smallest absolute Gasteiger partial charge is 0.386 e. The van der Waals surface area contributed by atoms with E-state index in [0.29, 0.717) is 0 Å². The molecule has 0 fully saturated rings. The van der Waals surface area contributed by atoms with Crippen molar-refractivity contribution in [1.29, 1.82) is 0 Å². The molecule has 0 atom stereocenters. The molecule has 0 amide bonds. The summed E-state index contributed by atoms with van der Waals surface area (Å²) in [6.07, 6.45) is 0. The van der Waals surface area contributed by atoms with Crippen molar-refractivity contribution in [2.45, 2.75) is 5.40 Å². The van der Waals surface area contributed by atoms with Crippen LogP contribution in [0.25, 0.3) is 0 Å². The normalized spacial score (nSPS) is 11.5. The molecule has 0 heterocycles. The molecular formula is C38H32O2P2Pd+2. The van der Waals surface area contributed by atoms with Gasteiger partial charge in [0.1, 0.15) is 31.8 Å². The van der Waals surface area contributed by atoms with Crippen LogP contribution in [0.3, 0.4) is 0 Å². The van der Waals surface area contributed by atoms with Crippen molar-refractivity contribution in [3.63, 3.8) is 0 Å². The van der Waals surface area contributed by atoms with Gasteiger partial charge in [-0.05, 0) is 72.8 Å². The maximum absolute atomic E-state index is 14.5. The predicted molar refractivity (Wildman–Crippen MR) is 182 cm³/mol. The summed E-state index contributed by atoms with van der Waals surface area (Å²) < 4.78 is 0. The molecule has 0 saturated heterocycles. The van der Waals surface area contributed by atoms with Crippen LogP contribution in [0.15, 0.2) is 182 Å². The Kier molecular flexibility index (Phi) is 9.83. The molecule has 0 aromatic heterocycles. The first-order valence-corrected chi connectivity index (χ1v) is 17.8. The van der Waals surface area contributed by atoms with Crippen molar-refractivity contribution in [2.75, 3.05) is 0 Å². The predicted octanol–water partition coefficient (Wildman–Crippen LogP) is 6.38. The maximum Gasteiger partial charge on any atom is 0.386 e. The molecule has 214 valence electrons. The van der Waals surface area contributed by atoms with E-state index < -0.39 is 25.9 Å². The number of carbonyl (C=O) groups is 1. The average molecular weight is 689 g/mol. The Morgan fingerprint density at radius 2 is 0.535 bits per heavy atom. The molecule has 0 aliphatic rings. The molecule has 2 nitrogen and oxygen atoms in total. The molecule has 0 spiro atoms. The van der Waals surface area contributed by atoms with E-state index in [4.69, 9.17) is 0 Å². The quantitative estimate of drug-likeness (QED) is 0.141. The van der Waals surface area contributed by atoms with Gasteiger partial charge in [0.2, 0.25) is 0 Å². The van der Waals surface area contributed by atoms with Gasteiger partial charge in [-0.3, -0.25) is 0 Å². The van der Waals surface area contributed by atoms with Crippen LogP contribution in [0.4, 0.5) is 0 Å². The van der Waals surface area contributed by atoms with Crippen molar-refractivity contribution < 1.29 is 30.3 Å². The molecule has 0 saturated carbocycles. The van der Waals surface area contributed by atoms with Crippen LogP contribution in [-0.4, -0.2) is 16.5 Å². The largest absolute Gasteiger partial charge is 0.475 e. The topological polar surface area (TPSA) is 37.3 Å². The number of rotatable bonds is 9. The molecule has 0 aliphatic carbocycles. The summed E-state index contributed by atoms with van der Waals surface area (Å²) in [5.74, 6) is -0.787. The Hall–Kier alpha value is -3.69. The third-order valence-corrected chi connectivity index (χ3v) is 18.6. The van der Waals surface area contributed by atoms with Crippen LogP contribution >= 0.6 is 14.5 Å². The van der Waals surface area contributed by atoms with Crippen LogP contribution in [-0.2, 0) is 25.2 Å². The minimum absolute atomic E-state index is 0. The molecule has 0 aliphatic heterocycles. The first kappa shape index (κ1) is 30.8. The molecule has 0 bridgehead atoms. The van der Waals surface area contributed by atoms with E-state index in [0.717, 1.165) is 31.8 Å². The molecule has 6 aromatic carbocycles. The summed E-state index contributed by atoms with van der Waals surface area (Å²) in [6.45, 7) is 0. The van der Waals surface area contributed by atoms with Gasteiger partial charge in [-0.2, -0.15) is 0 Å². The molecule has 0 unspecified atom stereocenters. The summed E-state index contributed by atoms with van der Waals surface area (Å²) in [6, 6.07) is 62.3. The summed E-state index contributed by atoms with van der Waals surface area (Å²) >= 11 is 0. The summed E-state index contributed by atoms with van der Waals surface area (Å²) in [7, 11) is -5.78. The molecule has 1 N–H and O–H groups in total. The molecule has 43 heavy (non-hydrogen) atoms. The van der Waals surface area contributed by atoms with Gasteiger partial charge >= 0.3 is 5.97 Å². The summed E-state index contributed by atoms with van der Waals surface area (Å²) in [5, 5.41) is 17.4. The van der Waals surface area contributed by atoms with Gasteiger partial charge in [0, 0.05) is 20.4 Å². The van der Waals surface area contributed by atoms with E-state index in [2.05, 4.69) is 72.8 Å². The van der Waals surface area contributed by atoms with Gasteiger partial charge in [-0.1, -0.05) is 109 Å². The standard InChI is InChI=1S/C38H31O2P2.Pd/c39-37(40)38(41(31-19-7-1-8-20-31,32-21-9-2-10-22-32)33-23-11-3-12-24-33)42(34-25-13-4-14-26-34,35-27-15-5-16-28-35)36-29-17-6-18-30-36;/h1-30,38H;/q+1;/p+1. The SMILES string of the molecule is O=C(O)C([P+](c1ccccc1)(c1ccccc1)c1ccccc1)[P+](c1ccccc1)(c1ccccc1)c1ccccc1.[Pd]. The minimum Gasteiger partial charge on any atom is -0.475 e. The Balaban J connectivity index is 0.00000368. The fourth-order valence-electron chi connectivity index (χ4n) is 6.31. The molecule has 6 rings (SSSR count). The van der Waals surface area contributed by atoms with Crippen LogP contribution in [0.1, 0.15) is 0 Å². The zero-order chi connectivity index (χ0) is 28.8. The molecule has 0 radical (unpaired) electrons. The second kappa shape index (κ2) is 13.7. The van der Waals surface area contributed by atoms with Crippen LogP contribution in [0.2, 0.25) is 0 Å². The summed E-state index contributed by atoms with van der Waals surface area (Å²) in [5.41, 5.74) is 0. The fourth-order valence-corrected chi connectivity index (χ4v) is 18.8. The van der Waals surface area contributed by atoms with Gasteiger partial charge in [-0.15, -0.1) is 0 Å². The number of benzene rings is 6. The van der Waals surface area contributed by atoms with Crippen molar-refractivity contribution in [3.8, 4) is 0 Å².